The van der Waals surface area contributed by atoms with Gasteiger partial charge in [-0.1, -0.05) is 29.8 Å². The van der Waals surface area contributed by atoms with Gasteiger partial charge in [0.1, 0.15) is 23.8 Å². The van der Waals surface area contributed by atoms with Crippen LogP contribution in [0.3, 0.4) is 0 Å². The number of likely N-dealkylation sites (tertiary alicyclic amines) is 1. The van der Waals surface area contributed by atoms with Crippen LogP contribution in [-0.2, 0) is 11.3 Å². The number of amides is 1. The van der Waals surface area contributed by atoms with Gasteiger partial charge in [-0.3, -0.25) is 14.6 Å². The maximum atomic E-state index is 14.0. The second kappa shape index (κ2) is 9.25. The van der Waals surface area contributed by atoms with Crippen LogP contribution >= 0.6 is 11.6 Å². The highest BCUT2D eigenvalue weighted by Gasteiger charge is 2.53. The molecular weight excluding hydrogens is 457 g/mol. The average molecular weight is 482 g/mol. The minimum absolute atomic E-state index is 0.167. The number of hydrogen-bond donors (Lipinski definition) is 1. The lowest BCUT2D eigenvalue weighted by Gasteiger charge is -2.58. The van der Waals surface area contributed by atoms with Gasteiger partial charge in [0, 0.05) is 37.5 Å². The topological polar surface area (TPSA) is 54.0 Å². The van der Waals surface area contributed by atoms with Crippen LogP contribution in [0.15, 0.2) is 66.7 Å². The maximum absolute atomic E-state index is 14.0. The maximum Gasteiger partial charge on any atom is 0.262 e. The molecule has 0 atom stereocenters. The first-order valence-corrected chi connectivity index (χ1v) is 11.5. The fraction of sp³-hybridized carbons (Fsp3) is 0.269. The molecule has 2 aliphatic heterocycles. The molecule has 0 aliphatic carbocycles. The first-order valence-electron chi connectivity index (χ1n) is 11.1. The highest BCUT2D eigenvalue weighted by atomic mass is 35.5. The lowest BCUT2D eigenvalue weighted by molar-refractivity contribution is 0.0609. The second-order valence-corrected chi connectivity index (χ2v) is 8.97. The Morgan fingerprint density at radius 1 is 1.06 bits per heavy atom. The first-order chi connectivity index (χ1) is 16.5. The third kappa shape index (κ3) is 4.22. The Morgan fingerprint density at radius 3 is 2.56 bits per heavy atom. The van der Waals surface area contributed by atoms with Crippen molar-refractivity contribution in [2.24, 2.45) is 0 Å². The quantitative estimate of drug-likeness (QED) is 0.492. The van der Waals surface area contributed by atoms with Gasteiger partial charge >= 0.3 is 0 Å². The number of anilines is 2. The Balaban J connectivity index is 1.43. The molecule has 0 unspecified atom stereocenters. The minimum Gasteiger partial charge on any atom is -0.491 e. The molecule has 0 bridgehead atoms. The number of methoxy groups -OCH3 is 1. The van der Waals surface area contributed by atoms with Crippen molar-refractivity contribution in [1.82, 2.24) is 4.90 Å². The van der Waals surface area contributed by atoms with Crippen molar-refractivity contribution in [2.45, 2.75) is 12.2 Å². The Labute approximate surface area is 202 Å². The van der Waals surface area contributed by atoms with Crippen molar-refractivity contribution in [3.63, 3.8) is 0 Å². The fourth-order valence-electron chi connectivity index (χ4n) is 4.62. The molecule has 6 nitrogen and oxygen atoms in total. The Morgan fingerprint density at radius 2 is 1.82 bits per heavy atom. The van der Waals surface area contributed by atoms with E-state index in [1.165, 1.54) is 18.2 Å². The summed E-state index contributed by atoms with van der Waals surface area (Å²) in [6.45, 7) is 2.72. The van der Waals surface area contributed by atoms with Crippen LogP contribution < -0.4 is 15.0 Å². The highest BCUT2D eigenvalue weighted by molar-refractivity contribution is 6.31. The molecule has 3 aromatic carbocycles. The van der Waals surface area contributed by atoms with Gasteiger partial charge in [-0.25, -0.2) is 4.39 Å². The summed E-state index contributed by atoms with van der Waals surface area (Å²) in [5.74, 6) is 0.148. The number of carbonyl (C=O) groups is 1. The third-order valence-corrected chi connectivity index (χ3v) is 6.55. The van der Waals surface area contributed by atoms with E-state index in [4.69, 9.17) is 21.1 Å². The molecule has 0 radical (unpaired) electrons. The lowest BCUT2D eigenvalue weighted by Crippen LogP contribution is -2.76. The Hall–Kier alpha value is -3.13. The predicted octanol–water partition coefficient (Wildman–Crippen LogP) is 4.79. The zero-order chi connectivity index (χ0) is 23.7. The number of halogens is 2. The van der Waals surface area contributed by atoms with Gasteiger partial charge in [-0.05, 0) is 54.1 Å². The van der Waals surface area contributed by atoms with Gasteiger partial charge in [0.2, 0.25) is 0 Å². The van der Waals surface area contributed by atoms with Crippen molar-refractivity contribution in [2.75, 3.05) is 43.6 Å². The van der Waals surface area contributed by atoms with Gasteiger partial charge in [0.25, 0.3) is 5.91 Å². The summed E-state index contributed by atoms with van der Waals surface area (Å²) in [4.78, 5) is 17.6. The summed E-state index contributed by atoms with van der Waals surface area (Å²) in [5, 5.41) is 4.17. The fourth-order valence-corrected chi connectivity index (χ4v) is 4.82. The van der Waals surface area contributed by atoms with Crippen LogP contribution in [0.1, 0.15) is 15.9 Å². The van der Waals surface area contributed by atoms with Crippen molar-refractivity contribution >= 4 is 28.9 Å². The largest absolute Gasteiger partial charge is 0.491 e. The van der Waals surface area contributed by atoms with E-state index in [1.807, 2.05) is 48.5 Å². The van der Waals surface area contributed by atoms with Crippen molar-refractivity contribution < 1.29 is 18.7 Å². The molecule has 5 rings (SSSR count). The van der Waals surface area contributed by atoms with Crippen molar-refractivity contribution in [1.29, 1.82) is 0 Å². The van der Waals surface area contributed by atoms with Gasteiger partial charge < -0.3 is 14.8 Å². The molecule has 1 spiro atoms. The normalized spacial score (nSPS) is 16.7. The number of fused-ring (bicyclic) bond motifs is 1. The first kappa shape index (κ1) is 22.7. The zero-order valence-corrected chi connectivity index (χ0v) is 19.5. The minimum atomic E-state index is -0.697. The Bertz CT molecular complexity index is 1200. The number of nitrogens with one attached hydrogen (secondary N) is 1. The number of rotatable bonds is 7. The molecule has 8 heteroatoms. The Kier molecular flexibility index (Phi) is 6.16. The number of hydrogen-bond acceptors (Lipinski definition) is 5. The van der Waals surface area contributed by atoms with Gasteiger partial charge in [0.15, 0.2) is 0 Å². The van der Waals surface area contributed by atoms with E-state index in [2.05, 4.69) is 10.2 Å². The van der Waals surface area contributed by atoms with Gasteiger partial charge in [-0.2, -0.15) is 0 Å². The average Bonchev–Trinajstić information content (AvgIpc) is 2.80. The van der Waals surface area contributed by atoms with E-state index in [0.717, 1.165) is 11.3 Å². The standard InChI is InChI=1S/C26H25ClFN3O3/c1-33-12-13-34-21-9-7-20(8-10-21)31-25(32)22-11-6-19(28)14-24(22)29-26(31)16-30(17-26)15-18-4-2-3-5-23(18)27/h2-11,14,29H,12-13,15-17H2,1H3. The van der Waals surface area contributed by atoms with Crippen LogP contribution in [0.2, 0.25) is 5.02 Å². The number of nitrogens with zero attached hydrogens (tertiary/aromatic N) is 2. The van der Waals surface area contributed by atoms with E-state index in [1.54, 1.807) is 12.0 Å². The van der Waals surface area contributed by atoms with Crippen LogP contribution in [0.25, 0.3) is 0 Å². The summed E-state index contributed by atoms with van der Waals surface area (Å²) in [6, 6.07) is 19.4. The molecule has 0 saturated carbocycles. The summed E-state index contributed by atoms with van der Waals surface area (Å²) in [6.07, 6.45) is 0. The van der Waals surface area contributed by atoms with Gasteiger partial charge in [0.05, 0.1) is 17.9 Å². The van der Waals surface area contributed by atoms with E-state index < -0.39 is 5.66 Å². The number of ether oxygens (including phenoxy) is 2. The molecule has 0 aromatic heterocycles. The molecule has 1 saturated heterocycles. The van der Waals surface area contributed by atoms with E-state index in [9.17, 15) is 9.18 Å². The summed E-state index contributed by atoms with van der Waals surface area (Å²) >= 11 is 6.35. The van der Waals surface area contributed by atoms with Crippen LogP contribution in [0, 0.1) is 5.82 Å². The molecule has 2 aliphatic rings. The molecule has 34 heavy (non-hydrogen) atoms. The monoisotopic (exact) mass is 481 g/mol. The summed E-state index contributed by atoms with van der Waals surface area (Å²) in [5.41, 5.74) is 2.02. The van der Waals surface area contributed by atoms with E-state index >= 15 is 0 Å². The van der Waals surface area contributed by atoms with Crippen LogP contribution in [0.5, 0.6) is 5.75 Å². The second-order valence-electron chi connectivity index (χ2n) is 8.56. The third-order valence-electron chi connectivity index (χ3n) is 6.18. The molecule has 1 N–H and O–H groups in total. The highest BCUT2D eigenvalue weighted by Crippen LogP contribution is 2.41. The van der Waals surface area contributed by atoms with Crippen molar-refractivity contribution in [3.05, 3.63) is 88.7 Å². The molecule has 1 amide bonds. The van der Waals surface area contributed by atoms with Crippen LogP contribution in [-0.4, -0.2) is 49.9 Å². The lowest BCUT2D eigenvalue weighted by atomic mass is 9.90. The number of benzene rings is 3. The smallest absolute Gasteiger partial charge is 0.262 e. The summed E-state index contributed by atoms with van der Waals surface area (Å²) < 4.78 is 24.7. The molecule has 2 heterocycles. The molecule has 3 aromatic rings. The number of carbonyl (C=O) groups excluding carboxylic acids is 1. The van der Waals surface area contributed by atoms with Crippen molar-refractivity contribution in [3.8, 4) is 5.75 Å². The molecule has 1 fully saturated rings. The zero-order valence-electron chi connectivity index (χ0n) is 18.8. The van der Waals surface area contributed by atoms with Crippen LogP contribution in [0.4, 0.5) is 15.8 Å². The SMILES string of the molecule is COCCOc1ccc(N2C(=O)c3ccc(F)cc3NC23CN(Cc2ccccc2Cl)C3)cc1. The summed E-state index contributed by atoms with van der Waals surface area (Å²) in [7, 11) is 1.62. The predicted molar refractivity (Wildman–Crippen MR) is 130 cm³/mol. The van der Waals surface area contributed by atoms with E-state index in [0.29, 0.717) is 54.9 Å². The molecular formula is C26H25ClFN3O3. The van der Waals surface area contributed by atoms with E-state index in [-0.39, 0.29) is 11.7 Å². The molecule has 176 valence electrons. The van der Waals surface area contributed by atoms with Gasteiger partial charge in [-0.15, -0.1) is 0 Å².